The number of nitrogens with zero attached hydrogens (tertiary/aromatic N) is 1. The van der Waals surface area contributed by atoms with Gasteiger partial charge in [-0.3, -0.25) is 0 Å². The van der Waals surface area contributed by atoms with Gasteiger partial charge in [0.15, 0.2) is 5.79 Å². The van der Waals surface area contributed by atoms with Crippen LogP contribution in [0, 0.1) is 0 Å². The average molecular weight is 365 g/mol. The first-order valence-electron chi connectivity index (χ1n) is 8.29. The monoisotopic (exact) mass is 365 g/mol. The minimum absolute atomic E-state index is 0.169. The number of thiocarbonyl (C=S) groups is 1. The van der Waals surface area contributed by atoms with Gasteiger partial charge in [-0.25, -0.2) is 4.99 Å². The third-order valence-electron chi connectivity index (χ3n) is 4.47. The molecular formula is C18H23NO5S. The molecule has 0 bridgehead atoms. The summed E-state index contributed by atoms with van der Waals surface area (Å²) in [6.45, 7) is 4.42. The molecule has 0 radical (unpaired) electrons. The Labute approximate surface area is 152 Å². The van der Waals surface area contributed by atoms with E-state index in [-0.39, 0.29) is 25.4 Å². The summed E-state index contributed by atoms with van der Waals surface area (Å²) in [5.41, 5.74) is 0.0880. The lowest BCUT2D eigenvalue weighted by molar-refractivity contribution is -0.218. The molecule has 2 aliphatic rings. The number of isothiocyanates is 1. The van der Waals surface area contributed by atoms with Crippen LogP contribution < -0.4 is 0 Å². The van der Waals surface area contributed by atoms with E-state index in [9.17, 15) is 5.11 Å². The van der Waals surface area contributed by atoms with Gasteiger partial charge in [0.25, 0.3) is 0 Å². The van der Waals surface area contributed by atoms with Gasteiger partial charge in [-0.05, 0) is 31.6 Å². The summed E-state index contributed by atoms with van der Waals surface area (Å²) in [7, 11) is 0. The molecule has 1 N–H and O–H groups in total. The summed E-state index contributed by atoms with van der Waals surface area (Å²) in [5, 5.41) is 12.3. The summed E-state index contributed by atoms with van der Waals surface area (Å²) in [6, 6.07) is 9.91. The second-order valence-electron chi connectivity index (χ2n) is 6.81. The zero-order chi connectivity index (χ0) is 17.9. The number of fused-ring (bicyclic) bond motifs is 1. The van der Waals surface area contributed by atoms with Crippen LogP contribution in [0.25, 0.3) is 0 Å². The molecule has 0 aliphatic carbocycles. The second-order valence-corrected chi connectivity index (χ2v) is 6.99. The van der Waals surface area contributed by atoms with Crippen LogP contribution in [0.2, 0.25) is 0 Å². The highest BCUT2D eigenvalue weighted by atomic mass is 32.1. The Hall–Kier alpha value is -1.18. The molecule has 3 rings (SSSR count). The minimum Gasteiger partial charge on any atom is -0.393 e. The molecule has 2 saturated heterocycles. The molecular weight excluding hydrogens is 342 g/mol. The first-order valence-corrected chi connectivity index (χ1v) is 8.70. The lowest BCUT2D eigenvalue weighted by atomic mass is 9.95. The van der Waals surface area contributed by atoms with E-state index in [4.69, 9.17) is 18.9 Å². The highest BCUT2D eigenvalue weighted by Crippen LogP contribution is 2.44. The van der Waals surface area contributed by atoms with Gasteiger partial charge in [0, 0.05) is 0 Å². The topological polar surface area (TPSA) is 69.5 Å². The largest absolute Gasteiger partial charge is 0.393 e. The molecule has 2 aliphatic heterocycles. The van der Waals surface area contributed by atoms with E-state index in [2.05, 4.69) is 22.4 Å². The summed E-state index contributed by atoms with van der Waals surface area (Å²) < 4.78 is 23.9. The maximum absolute atomic E-state index is 9.96. The Morgan fingerprint density at radius 2 is 2.00 bits per heavy atom. The van der Waals surface area contributed by atoms with Crippen molar-refractivity contribution in [3.05, 3.63) is 35.9 Å². The molecule has 2 fully saturated rings. The van der Waals surface area contributed by atoms with Crippen molar-refractivity contribution < 1.29 is 24.1 Å². The van der Waals surface area contributed by atoms with Crippen LogP contribution in [-0.2, 0) is 25.6 Å². The molecule has 1 aromatic rings. The van der Waals surface area contributed by atoms with Crippen LogP contribution in [0.5, 0.6) is 0 Å². The Kier molecular flexibility index (Phi) is 5.65. The number of ether oxygens (including phenoxy) is 4. The maximum Gasteiger partial charge on any atom is 0.164 e. The normalized spacial score (nSPS) is 33.0. The van der Waals surface area contributed by atoms with Crippen LogP contribution in [0.15, 0.2) is 35.3 Å². The molecule has 0 unspecified atom stereocenters. The quantitative estimate of drug-likeness (QED) is 0.588. The molecule has 0 aromatic heterocycles. The first-order chi connectivity index (χ1) is 12.0. The summed E-state index contributed by atoms with van der Waals surface area (Å²) >= 11 is 4.65. The SMILES string of the molecule is CC1(C)O[C@H]2[C@@H](O1)[C@](CO)(CN=C=S)O[C@@H]2COCc1ccccc1. The van der Waals surface area contributed by atoms with E-state index >= 15 is 0 Å². The predicted octanol–water partition coefficient (Wildman–Crippen LogP) is 1.96. The lowest BCUT2D eigenvalue weighted by Gasteiger charge is -2.31. The zero-order valence-corrected chi connectivity index (χ0v) is 15.2. The van der Waals surface area contributed by atoms with Crippen molar-refractivity contribution in [2.45, 2.75) is 50.2 Å². The van der Waals surface area contributed by atoms with Gasteiger partial charge in [0.1, 0.15) is 23.9 Å². The number of aliphatic hydroxyl groups is 1. The molecule has 136 valence electrons. The molecule has 1 aromatic carbocycles. The molecule has 4 atom stereocenters. The van der Waals surface area contributed by atoms with Crippen LogP contribution >= 0.6 is 12.2 Å². The van der Waals surface area contributed by atoms with Gasteiger partial charge >= 0.3 is 0 Å². The van der Waals surface area contributed by atoms with E-state index in [1.165, 1.54) is 0 Å². The molecule has 0 spiro atoms. The number of aliphatic imine (C=N–C) groups is 1. The third kappa shape index (κ3) is 3.99. The van der Waals surface area contributed by atoms with E-state index in [1.54, 1.807) is 0 Å². The third-order valence-corrected chi connectivity index (χ3v) is 4.60. The van der Waals surface area contributed by atoms with Gasteiger partial charge in [0.2, 0.25) is 0 Å². The van der Waals surface area contributed by atoms with Crippen LogP contribution in [-0.4, -0.2) is 59.7 Å². The molecule has 25 heavy (non-hydrogen) atoms. The van der Waals surface area contributed by atoms with Crippen LogP contribution in [0.4, 0.5) is 0 Å². The second kappa shape index (κ2) is 7.60. The van der Waals surface area contributed by atoms with Gasteiger partial charge < -0.3 is 24.1 Å². The van der Waals surface area contributed by atoms with Crippen LogP contribution in [0.3, 0.4) is 0 Å². The fourth-order valence-corrected chi connectivity index (χ4v) is 3.43. The van der Waals surface area contributed by atoms with Crippen molar-refractivity contribution in [1.29, 1.82) is 0 Å². The molecule has 0 saturated carbocycles. The standard InChI is InChI=1S/C18H23NO5S/c1-17(2)23-15-14(9-21-8-13-6-4-3-5-7-13)22-18(11-20,10-19-12-25)16(15)24-17/h3-7,14-16,20H,8-11H2,1-2H3/t14-,15-,16-,18-/m1/s1. The Bertz CT molecular complexity index is 634. The Morgan fingerprint density at radius 1 is 1.24 bits per heavy atom. The summed E-state index contributed by atoms with van der Waals surface area (Å²) in [6.07, 6.45) is -1.13. The Balaban J connectivity index is 1.70. The highest BCUT2D eigenvalue weighted by Gasteiger charge is 2.62. The summed E-state index contributed by atoms with van der Waals surface area (Å²) in [5.74, 6) is -0.751. The first kappa shape index (κ1) is 18.6. The van der Waals surface area contributed by atoms with Crippen molar-refractivity contribution in [2.24, 2.45) is 4.99 Å². The predicted molar refractivity (Wildman–Crippen MR) is 94.5 cm³/mol. The number of rotatable bonds is 7. The number of benzene rings is 1. The van der Waals surface area contributed by atoms with E-state index in [0.717, 1.165) is 5.56 Å². The zero-order valence-electron chi connectivity index (χ0n) is 14.4. The van der Waals surface area contributed by atoms with E-state index in [1.807, 2.05) is 44.2 Å². The van der Waals surface area contributed by atoms with Crippen molar-refractivity contribution in [3.8, 4) is 0 Å². The van der Waals surface area contributed by atoms with Crippen molar-refractivity contribution >= 4 is 17.4 Å². The fourth-order valence-electron chi connectivity index (χ4n) is 3.37. The fraction of sp³-hybridized carbons (Fsp3) is 0.611. The van der Waals surface area contributed by atoms with Crippen molar-refractivity contribution in [2.75, 3.05) is 19.8 Å². The van der Waals surface area contributed by atoms with E-state index < -0.39 is 17.5 Å². The average Bonchev–Trinajstić information content (AvgIpc) is 3.07. The lowest BCUT2D eigenvalue weighted by Crippen LogP contribution is -2.49. The van der Waals surface area contributed by atoms with Crippen molar-refractivity contribution in [3.63, 3.8) is 0 Å². The van der Waals surface area contributed by atoms with Gasteiger partial charge in [-0.2, -0.15) is 0 Å². The number of hydrogen-bond donors (Lipinski definition) is 1. The molecule has 0 amide bonds. The minimum atomic E-state index is -0.995. The number of hydrogen-bond acceptors (Lipinski definition) is 7. The Morgan fingerprint density at radius 3 is 2.68 bits per heavy atom. The molecule has 2 heterocycles. The molecule has 6 nitrogen and oxygen atoms in total. The van der Waals surface area contributed by atoms with Crippen molar-refractivity contribution in [1.82, 2.24) is 0 Å². The smallest absolute Gasteiger partial charge is 0.164 e. The molecule has 7 heteroatoms. The van der Waals surface area contributed by atoms with Gasteiger partial charge in [-0.1, -0.05) is 30.3 Å². The van der Waals surface area contributed by atoms with Gasteiger partial charge in [0.05, 0.1) is 31.5 Å². The van der Waals surface area contributed by atoms with Gasteiger partial charge in [-0.15, -0.1) is 0 Å². The number of aliphatic hydroxyl groups excluding tert-OH is 1. The summed E-state index contributed by atoms with van der Waals surface area (Å²) in [4.78, 5) is 3.97. The van der Waals surface area contributed by atoms with Crippen LogP contribution in [0.1, 0.15) is 19.4 Å². The maximum atomic E-state index is 9.96. The van der Waals surface area contributed by atoms with E-state index in [0.29, 0.717) is 13.2 Å². The highest BCUT2D eigenvalue weighted by molar-refractivity contribution is 7.78.